The molecular formula is C18H26IN3O2. The van der Waals surface area contributed by atoms with Gasteiger partial charge in [-0.2, -0.15) is 0 Å². The Hall–Kier alpha value is -1.70. The molecule has 0 saturated heterocycles. The number of nitrogens with one attached hydrogen (secondary N) is 2. The molecule has 5 nitrogen and oxygen atoms in total. The van der Waals surface area contributed by atoms with Crippen molar-refractivity contribution in [3.63, 3.8) is 0 Å². The molecule has 1 aromatic heterocycles. The highest BCUT2D eigenvalue weighted by atomic mass is 127. The van der Waals surface area contributed by atoms with Crippen molar-refractivity contribution in [1.82, 2.24) is 10.6 Å². The normalized spacial score (nSPS) is 10.8. The van der Waals surface area contributed by atoms with E-state index in [4.69, 9.17) is 9.15 Å². The number of guanidine groups is 1. The van der Waals surface area contributed by atoms with E-state index < -0.39 is 0 Å². The van der Waals surface area contributed by atoms with Gasteiger partial charge in [-0.1, -0.05) is 19.1 Å². The SMILES string of the molecule is CCCOc1cccc(CCNC(=NC)NCc2ccco2)c1.I. The van der Waals surface area contributed by atoms with Crippen LogP contribution in [0.3, 0.4) is 0 Å². The van der Waals surface area contributed by atoms with Crippen molar-refractivity contribution in [1.29, 1.82) is 0 Å². The molecule has 24 heavy (non-hydrogen) atoms. The molecule has 6 heteroatoms. The summed E-state index contributed by atoms with van der Waals surface area (Å²) in [7, 11) is 1.76. The topological polar surface area (TPSA) is 58.8 Å². The average molecular weight is 443 g/mol. The molecule has 2 N–H and O–H groups in total. The highest BCUT2D eigenvalue weighted by Crippen LogP contribution is 2.13. The number of furan rings is 1. The third-order valence-corrected chi connectivity index (χ3v) is 3.31. The van der Waals surface area contributed by atoms with E-state index in [2.05, 4.69) is 34.7 Å². The molecule has 0 amide bonds. The van der Waals surface area contributed by atoms with Crippen LogP contribution >= 0.6 is 24.0 Å². The molecule has 0 radical (unpaired) electrons. The minimum atomic E-state index is 0. The molecule has 0 bridgehead atoms. The molecule has 0 aliphatic carbocycles. The highest BCUT2D eigenvalue weighted by Gasteiger charge is 2.01. The lowest BCUT2D eigenvalue weighted by Gasteiger charge is -2.11. The van der Waals surface area contributed by atoms with Crippen molar-refractivity contribution in [3.05, 3.63) is 54.0 Å². The molecule has 0 saturated carbocycles. The molecule has 0 aliphatic heterocycles. The predicted molar refractivity (Wildman–Crippen MR) is 108 cm³/mol. The van der Waals surface area contributed by atoms with E-state index >= 15 is 0 Å². The van der Waals surface area contributed by atoms with E-state index in [-0.39, 0.29) is 24.0 Å². The van der Waals surface area contributed by atoms with Gasteiger partial charge >= 0.3 is 0 Å². The number of hydrogen-bond donors (Lipinski definition) is 2. The van der Waals surface area contributed by atoms with Crippen LogP contribution in [-0.4, -0.2) is 26.2 Å². The number of ether oxygens (including phenoxy) is 1. The Morgan fingerprint density at radius 1 is 1.21 bits per heavy atom. The second-order valence-electron chi connectivity index (χ2n) is 5.18. The van der Waals surface area contributed by atoms with Crippen molar-refractivity contribution in [2.75, 3.05) is 20.2 Å². The quantitative estimate of drug-likeness (QED) is 0.372. The summed E-state index contributed by atoms with van der Waals surface area (Å²) in [5.41, 5.74) is 1.24. The van der Waals surface area contributed by atoms with Gasteiger partial charge in [-0.25, -0.2) is 0 Å². The van der Waals surface area contributed by atoms with Gasteiger partial charge in [0.1, 0.15) is 11.5 Å². The molecule has 0 fully saturated rings. The van der Waals surface area contributed by atoms with Crippen LogP contribution in [0.4, 0.5) is 0 Å². The van der Waals surface area contributed by atoms with Crippen molar-refractivity contribution in [3.8, 4) is 5.75 Å². The Labute approximate surface area is 160 Å². The lowest BCUT2D eigenvalue weighted by Crippen LogP contribution is -2.37. The summed E-state index contributed by atoms with van der Waals surface area (Å²) < 4.78 is 10.9. The molecule has 0 atom stereocenters. The largest absolute Gasteiger partial charge is 0.494 e. The summed E-state index contributed by atoms with van der Waals surface area (Å²) in [5.74, 6) is 2.58. The van der Waals surface area contributed by atoms with E-state index in [1.807, 2.05) is 24.3 Å². The Morgan fingerprint density at radius 2 is 2.08 bits per heavy atom. The molecule has 2 aromatic rings. The second kappa shape index (κ2) is 11.8. The maximum absolute atomic E-state index is 5.66. The van der Waals surface area contributed by atoms with Crippen LogP contribution in [0.2, 0.25) is 0 Å². The smallest absolute Gasteiger partial charge is 0.191 e. The van der Waals surface area contributed by atoms with Crippen LogP contribution in [0.25, 0.3) is 0 Å². The minimum absolute atomic E-state index is 0. The molecule has 1 aromatic carbocycles. The summed E-state index contributed by atoms with van der Waals surface area (Å²) in [5, 5.41) is 6.52. The Balaban J connectivity index is 0.00000288. The standard InChI is InChI=1S/C18H25N3O2.HI/c1-3-11-22-16-7-4-6-15(13-16)9-10-20-18(19-2)21-14-17-8-5-12-23-17;/h4-8,12-13H,3,9-11,14H2,1-2H3,(H2,19,20,21);1H. The summed E-state index contributed by atoms with van der Waals surface area (Å²) in [4.78, 5) is 4.20. The van der Waals surface area contributed by atoms with Gasteiger partial charge in [0.15, 0.2) is 5.96 Å². The Bertz CT molecular complexity index is 600. The first-order chi connectivity index (χ1) is 11.3. The van der Waals surface area contributed by atoms with Gasteiger partial charge in [-0.15, -0.1) is 24.0 Å². The van der Waals surface area contributed by atoms with E-state index in [9.17, 15) is 0 Å². The third-order valence-electron chi connectivity index (χ3n) is 3.31. The zero-order valence-electron chi connectivity index (χ0n) is 14.2. The molecular weight excluding hydrogens is 417 g/mol. The van der Waals surface area contributed by atoms with E-state index in [0.29, 0.717) is 6.54 Å². The number of halogens is 1. The summed E-state index contributed by atoms with van der Waals surface area (Å²) in [6.07, 6.45) is 3.59. The van der Waals surface area contributed by atoms with Crippen LogP contribution in [0.1, 0.15) is 24.7 Å². The van der Waals surface area contributed by atoms with Crippen LogP contribution in [-0.2, 0) is 13.0 Å². The van der Waals surface area contributed by atoms with Crippen molar-refractivity contribution in [2.45, 2.75) is 26.3 Å². The molecule has 2 rings (SSSR count). The highest BCUT2D eigenvalue weighted by molar-refractivity contribution is 14.0. The predicted octanol–water partition coefficient (Wildman–Crippen LogP) is 3.59. The van der Waals surface area contributed by atoms with Crippen LogP contribution in [0, 0.1) is 0 Å². The minimum Gasteiger partial charge on any atom is -0.494 e. The zero-order valence-corrected chi connectivity index (χ0v) is 16.6. The van der Waals surface area contributed by atoms with Gasteiger partial charge in [-0.05, 0) is 42.7 Å². The number of benzene rings is 1. The molecule has 0 spiro atoms. The molecule has 0 unspecified atom stereocenters. The Kier molecular flexibility index (Phi) is 9.98. The number of hydrogen-bond acceptors (Lipinski definition) is 3. The molecule has 0 aliphatic rings. The number of nitrogens with zero attached hydrogens (tertiary/aromatic N) is 1. The number of aliphatic imine (C=N–C) groups is 1. The fraction of sp³-hybridized carbons (Fsp3) is 0.389. The second-order valence-corrected chi connectivity index (χ2v) is 5.18. The van der Waals surface area contributed by atoms with Gasteiger partial charge in [0, 0.05) is 13.6 Å². The van der Waals surface area contributed by atoms with Gasteiger partial charge in [-0.3, -0.25) is 4.99 Å². The fourth-order valence-corrected chi connectivity index (χ4v) is 2.14. The van der Waals surface area contributed by atoms with Gasteiger partial charge < -0.3 is 19.8 Å². The average Bonchev–Trinajstić information content (AvgIpc) is 3.10. The molecule has 1 heterocycles. The molecule has 132 valence electrons. The van der Waals surface area contributed by atoms with Crippen molar-refractivity contribution in [2.24, 2.45) is 4.99 Å². The third kappa shape index (κ3) is 7.25. The lowest BCUT2D eigenvalue weighted by molar-refractivity contribution is 0.317. The van der Waals surface area contributed by atoms with Crippen LogP contribution in [0.5, 0.6) is 5.75 Å². The van der Waals surface area contributed by atoms with E-state index in [1.54, 1.807) is 13.3 Å². The fourth-order valence-electron chi connectivity index (χ4n) is 2.14. The van der Waals surface area contributed by atoms with Gasteiger partial charge in [0.2, 0.25) is 0 Å². The van der Waals surface area contributed by atoms with Crippen molar-refractivity contribution < 1.29 is 9.15 Å². The monoisotopic (exact) mass is 443 g/mol. The van der Waals surface area contributed by atoms with Gasteiger partial charge in [0.25, 0.3) is 0 Å². The zero-order chi connectivity index (χ0) is 16.3. The van der Waals surface area contributed by atoms with E-state index in [1.165, 1.54) is 5.56 Å². The van der Waals surface area contributed by atoms with Crippen LogP contribution in [0.15, 0.2) is 52.1 Å². The number of rotatable bonds is 8. The first-order valence-corrected chi connectivity index (χ1v) is 8.00. The summed E-state index contributed by atoms with van der Waals surface area (Å²) in [6, 6.07) is 12.0. The maximum atomic E-state index is 5.66. The first-order valence-electron chi connectivity index (χ1n) is 8.00. The lowest BCUT2D eigenvalue weighted by atomic mass is 10.1. The summed E-state index contributed by atoms with van der Waals surface area (Å²) >= 11 is 0. The first kappa shape index (κ1) is 20.3. The van der Waals surface area contributed by atoms with Crippen molar-refractivity contribution >= 4 is 29.9 Å². The summed E-state index contributed by atoms with van der Waals surface area (Å²) in [6.45, 7) is 4.28. The maximum Gasteiger partial charge on any atom is 0.191 e. The Morgan fingerprint density at radius 3 is 2.79 bits per heavy atom. The van der Waals surface area contributed by atoms with Crippen LogP contribution < -0.4 is 15.4 Å². The van der Waals surface area contributed by atoms with E-state index in [0.717, 1.165) is 43.5 Å². The van der Waals surface area contributed by atoms with Gasteiger partial charge in [0.05, 0.1) is 19.4 Å².